The summed E-state index contributed by atoms with van der Waals surface area (Å²) in [6.45, 7) is 1.84. The number of ether oxygens (including phenoxy) is 1. The Labute approximate surface area is 157 Å². The molecule has 1 atom stereocenters. The van der Waals surface area contributed by atoms with E-state index in [4.69, 9.17) is 17.3 Å². The fourth-order valence-electron chi connectivity index (χ4n) is 1.90. The Morgan fingerprint density at radius 1 is 1.15 bits per heavy atom. The van der Waals surface area contributed by atoms with E-state index >= 15 is 0 Å². The third-order valence-corrected chi connectivity index (χ3v) is 4.57. The molecule has 0 fully saturated rings. The zero-order valence-corrected chi connectivity index (χ0v) is 15.7. The van der Waals surface area contributed by atoms with Crippen molar-refractivity contribution in [2.75, 3.05) is 6.07 Å². The summed E-state index contributed by atoms with van der Waals surface area (Å²) in [5.74, 6) is -0.469. The van der Waals surface area contributed by atoms with Gasteiger partial charge in [0.05, 0.1) is 4.90 Å². The summed E-state index contributed by atoms with van der Waals surface area (Å²) in [5.41, 5.74) is 7.52. The number of rotatable bonds is 6. The molecule has 0 spiro atoms. The molecular weight excluding hydrogens is 378 g/mol. The molecule has 2 aromatic carbocycles. The Morgan fingerprint density at radius 2 is 1.73 bits per heavy atom. The standard InChI is InChI=1S/C10H12ClNO2.C8H8O3S/c11-7-14-10(13)9(12)6-8-4-2-1-3-5-8;1-7-2-4-8(5-3-7)12(10,11)6-9/h1-5,9H,6-7,12H2;2-6H,1H3/t9-;/m0./s1. The van der Waals surface area contributed by atoms with Crippen LogP contribution >= 0.6 is 11.6 Å². The highest BCUT2D eigenvalue weighted by Gasteiger charge is 2.14. The van der Waals surface area contributed by atoms with Crippen LogP contribution < -0.4 is 5.73 Å². The van der Waals surface area contributed by atoms with Crippen LogP contribution in [0, 0.1) is 6.92 Å². The molecule has 2 aromatic rings. The minimum Gasteiger partial charge on any atom is -0.448 e. The minimum atomic E-state index is -3.70. The van der Waals surface area contributed by atoms with Crippen LogP contribution in [-0.2, 0) is 30.6 Å². The Bertz CT molecular complexity index is 807. The Morgan fingerprint density at radius 3 is 2.23 bits per heavy atom. The topological polar surface area (TPSA) is 104 Å². The van der Waals surface area contributed by atoms with Gasteiger partial charge in [0.15, 0.2) is 6.07 Å². The highest BCUT2D eigenvalue weighted by molar-refractivity contribution is 8.04. The number of hydrogen-bond acceptors (Lipinski definition) is 6. The molecule has 0 aromatic heterocycles. The van der Waals surface area contributed by atoms with E-state index in [9.17, 15) is 18.0 Å². The number of halogens is 1. The maximum Gasteiger partial charge on any atom is 0.324 e. The number of aryl methyl sites for hydroxylation is 1. The number of carbonyl (C=O) groups excluding carboxylic acids is 2. The van der Waals surface area contributed by atoms with Gasteiger partial charge in [-0.05, 0) is 31.0 Å². The van der Waals surface area contributed by atoms with Crippen molar-refractivity contribution < 1.29 is 22.7 Å². The lowest BCUT2D eigenvalue weighted by atomic mass is 10.1. The van der Waals surface area contributed by atoms with Crippen LogP contribution in [-0.4, -0.2) is 32.1 Å². The van der Waals surface area contributed by atoms with Crippen molar-refractivity contribution in [2.45, 2.75) is 24.3 Å². The molecule has 8 heteroatoms. The second-order valence-corrected chi connectivity index (χ2v) is 7.30. The normalized spacial score (nSPS) is 11.7. The maximum absolute atomic E-state index is 11.1. The van der Waals surface area contributed by atoms with Gasteiger partial charge in [0.2, 0.25) is 15.5 Å². The molecule has 0 aliphatic heterocycles. The largest absolute Gasteiger partial charge is 0.448 e. The molecule has 0 heterocycles. The molecule has 0 saturated heterocycles. The summed E-state index contributed by atoms with van der Waals surface area (Å²) in [4.78, 5) is 21.3. The van der Waals surface area contributed by atoms with Crippen LogP contribution in [0.3, 0.4) is 0 Å². The fraction of sp³-hybridized carbons (Fsp3) is 0.222. The van der Waals surface area contributed by atoms with E-state index in [1.54, 1.807) is 12.1 Å². The molecule has 0 unspecified atom stereocenters. The first-order chi connectivity index (χ1) is 12.3. The molecule has 26 heavy (non-hydrogen) atoms. The molecule has 6 nitrogen and oxygen atoms in total. The number of nitrogens with two attached hydrogens (primary N) is 1. The number of benzene rings is 2. The quantitative estimate of drug-likeness (QED) is 0.455. The highest BCUT2D eigenvalue weighted by atomic mass is 35.5. The van der Waals surface area contributed by atoms with Gasteiger partial charge in [0.1, 0.15) is 6.04 Å². The van der Waals surface area contributed by atoms with Crippen molar-refractivity contribution in [3.05, 3.63) is 65.7 Å². The lowest BCUT2D eigenvalue weighted by Crippen LogP contribution is -2.34. The maximum atomic E-state index is 11.1. The van der Waals surface area contributed by atoms with Gasteiger partial charge in [-0.3, -0.25) is 9.59 Å². The third-order valence-electron chi connectivity index (χ3n) is 3.27. The van der Waals surface area contributed by atoms with E-state index in [0.717, 1.165) is 11.1 Å². The zero-order chi connectivity index (χ0) is 19.6. The first kappa shape index (κ1) is 21.8. The fourth-order valence-corrected chi connectivity index (χ4v) is 2.63. The summed E-state index contributed by atoms with van der Waals surface area (Å²) < 4.78 is 26.5. The van der Waals surface area contributed by atoms with Gasteiger partial charge in [-0.2, -0.15) is 0 Å². The van der Waals surface area contributed by atoms with Crippen molar-refractivity contribution in [3.63, 3.8) is 0 Å². The lowest BCUT2D eigenvalue weighted by molar-refractivity contribution is -0.143. The number of esters is 1. The van der Waals surface area contributed by atoms with Gasteiger partial charge in [-0.1, -0.05) is 59.6 Å². The number of sulfone groups is 1. The van der Waals surface area contributed by atoms with Gasteiger partial charge < -0.3 is 10.5 Å². The van der Waals surface area contributed by atoms with Gasteiger partial charge in [-0.15, -0.1) is 0 Å². The SMILES string of the molecule is Cc1ccc(S(=O)(=O)C=O)cc1.N[C@@H](Cc1ccccc1)C(=O)OCCl. The van der Waals surface area contributed by atoms with Crippen molar-refractivity contribution in [2.24, 2.45) is 5.73 Å². The molecular formula is C18H20ClNO5S. The highest BCUT2D eigenvalue weighted by Crippen LogP contribution is 2.09. The molecule has 0 radical (unpaired) electrons. The van der Waals surface area contributed by atoms with Crippen LogP contribution in [0.15, 0.2) is 59.5 Å². The first-order valence-electron chi connectivity index (χ1n) is 7.59. The Hall–Kier alpha value is -2.22. The van der Waals surface area contributed by atoms with Crippen molar-refractivity contribution >= 4 is 33.0 Å². The summed E-state index contributed by atoms with van der Waals surface area (Å²) in [7, 11) is -3.70. The van der Waals surface area contributed by atoms with Crippen LogP contribution in [0.5, 0.6) is 0 Å². The van der Waals surface area contributed by atoms with Gasteiger partial charge >= 0.3 is 5.97 Å². The minimum absolute atomic E-state index is 0.0440. The third kappa shape index (κ3) is 7.35. The van der Waals surface area contributed by atoms with E-state index in [1.807, 2.05) is 37.3 Å². The lowest BCUT2D eigenvalue weighted by Gasteiger charge is -2.09. The van der Waals surface area contributed by atoms with Crippen LogP contribution in [0.25, 0.3) is 0 Å². The van der Waals surface area contributed by atoms with E-state index in [1.165, 1.54) is 12.1 Å². The summed E-state index contributed by atoms with van der Waals surface area (Å²) in [5, 5.41) is 0. The molecule has 0 aliphatic carbocycles. The van der Waals surface area contributed by atoms with Crippen molar-refractivity contribution in [3.8, 4) is 0 Å². The second-order valence-electron chi connectivity index (χ2n) is 5.32. The number of carbonyl (C=O) groups is 2. The van der Waals surface area contributed by atoms with Gasteiger partial charge in [0, 0.05) is 0 Å². The average molecular weight is 398 g/mol. The average Bonchev–Trinajstić information content (AvgIpc) is 2.63. The summed E-state index contributed by atoms with van der Waals surface area (Å²) in [6, 6.07) is 14.9. The smallest absolute Gasteiger partial charge is 0.324 e. The van der Waals surface area contributed by atoms with Crippen LogP contribution in [0.2, 0.25) is 0 Å². The monoisotopic (exact) mass is 397 g/mol. The van der Waals surface area contributed by atoms with E-state index in [0.29, 0.717) is 6.42 Å². The number of hydrogen-bond donors (Lipinski definition) is 1. The van der Waals surface area contributed by atoms with E-state index in [2.05, 4.69) is 4.74 Å². The molecule has 0 saturated carbocycles. The molecule has 2 rings (SSSR count). The van der Waals surface area contributed by atoms with E-state index in [-0.39, 0.29) is 16.6 Å². The molecule has 0 bridgehead atoms. The Kier molecular flexibility index (Phi) is 8.98. The predicted molar refractivity (Wildman–Crippen MR) is 100 cm³/mol. The number of alkyl halides is 1. The molecule has 2 N–H and O–H groups in total. The zero-order valence-electron chi connectivity index (χ0n) is 14.2. The van der Waals surface area contributed by atoms with Crippen molar-refractivity contribution in [1.82, 2.24) is 0 Å². The Balaban J connectivity index is 0.000000263. The van der Waals surface area contributed by atoms with Crippen molar-refractivity contribution in [1.29, 1.82) is 0 Å². The second kappa shape index (κ2) is 10.7. The first-order valence-corrected chi connectivity index (χ1v) is 9.67. The summed E-state index contributed by atoms with van der Waals surface area (Å²) in [6.07, 6.45) is 0.469. The van der Waals surface area contributed by atoms with Crippen LogP contribution in [0.4, 0.5) is 0 Å². The molecule has 0 amide bonds. The van der Waals surface area contributed by atoms with Crippen LogP contribution in [0.1, 0.15) is 11.1 Å². The molecule has 0 aliphatic rings. The molecule has 140 valence electrons. The van der Waals surface area contributed by atoms with Gasteiger partial charge in [-0.25, -0.2) is 8.42 Å². The predicted octanol–water partition coefficient (Wildman–Crippen LogP) is 2.25. The van der Waals surface area contributed by atoms with E-state index < -0.39 is 21.8 Å². The summed E-state index contributed by atoms with van der Waals surface area (Å²) >= 11 is 5.24. The van der Waals surface area contributed by atoms with Gasteiger partial charge in [0.25, 0.3) is 0 Å².